The van der Waals surface area contributed by atoms with Gasteiger partial charge in [0.05, 0.1) is 10.2 Å². The molecule has 3 aromatic carbocycles. The van der Waals surface area contributed by atoms with Crippen molar-refractivity contribution in [1.29, 1.82) is 0 Å². The van der Waals surface area contributed by atoms with Crippen LogP contribution in [0.4, 0.5) is 19.3 Å². The molecular formula is C27H19BrF2N2O4. The molecule has 1 saturated heterocycles. The Bertz CT molecular complexity index is 1390. The Balaban J connectivity index is 1.65. The van der Waals surface area contributed by atoms with Gasteiger partial charge < -0.3 is 4.74 Å². The number of anilines is 1. The molecule has 36 heavy (non-hydrogen) atoms. The van der Waals surface area contributed by atoms with Crippen molar-refractivity contribution >= 4 is 45.5 Å². The van der Waals surface area contributed by atoms with E-state index in [2.05, 4.69) is 27.8 Å². The topological polar surface area (TPSA) is 75.7 Å². The molecule has 1 fully saturated rings. The number of carbonyl (C=O) groups excluding carboxylic acids is 3. The molecule has 0 atom stereocenters. The van der Waals surface area contributed by atoms with Crippen LogP contribution in [0.2, 0.25) is 0 Å². The predicted molar refractivity (Wildman–Crippen MR) is 134 cm³/mol. The molecule has 9 heteroatoms. The van der Waals surface area contributed by atoms with Crippen molar-refractivity contribution in [2.24, 2.45) is 0 Å². The number of allylic oxidation sites excluding steroid dienone is 1. The number of carbonyl (C=O) groups is 3. The van der Waals surface area contributed by atoms with Gasteiger partial charge in [0.2, 0.25) is 0 Å². The predicted octanol–water partition coefficient (Wildman–Crippen LogP) is 5.70. The lowest BCUT2D eigenvalue weighted by molar-refractivity contribution is -0.122. The molecule has 4 amide bonds. The molecule has 0 saturated carbocycles. The minimum Gasteiger partial charge on any atom is -0.487 e. The van der Waals surface area contributed by atoms with Gasteiger partial charge in [0.1, 0.15) is 29.6 Å². The SMILES string of the molecule is C=CCc1cc(/C=C2\C(=O)NC(=O)N(c3ccc(F)cc3)C2=O)cc(Br)c1OCc1ccc(F)cc1. The third kappa shape index (κ3) is 5.41. The number of halogens is 3. The Morgan fingerprint density at radius 1 is 0.972 bits per heavy atom. The van der Waals surface area contributed by atoms with E-state index in [0.717, 1.165) is 28.2 Å². The van der Waals surface area contributed by atoms with E-state index in [1.165, 1.54) is 30.3 Å². The van der Waals surface area contributed by atoms with Crippen molar-refractivity contribution in [3.8, 4) is 5.75 Å². The van der Waals surface area contributed by atoms with Crippen LogP contribution in [0.15, 0.2) is 83.4 Å². The molecule has 4 rings (SSSR count). The number of ether oxygens (including phenoxy) is 1. The van der Waals surface area contributed by atoms with E-state index in [0.29, 0.717) is 22.2 Å². The fourth-order valence-electron chi connectivity index (χ4n) is 3.61. The van der Waals surface area contributed by atoms with Gasteiger partial charge in [0.15, 0.2) is 0 Å². The molecule has 1 aliphatic rings. The van der Waals surface area contributed by atoms with Gasteiger partial charge in [-0.2, -0.15) is 0 Å². The van der Waals surface area contributed by atoms with Crippen LogP contribution in [0, 0.1) is 11.6 Å². The number of benzene rings is 3. The summed E-state index contributed by atoms with van der Waals surface area (Å²) in [5, 5.41) is 2.14. The monoisotopic (exact) mass is 552 g/mol. The molecule has 0 spiro atoms. The van der Waals surface area contributed by atoms with E-state index in [4.69, 9.17) is 4.74 Å². The summed E-state index contributed by atoms with van der Waals surface area (Å²) >= 11 is 3.48. The first kappa shape index (κ1) is 25.0. The Kier molecular flexibility index (Phi) is 7.40. The molecule has 1 N–H and O–H groups in total. The number of nitrogens with one attached hydrogen (secondary N) is 1. The summed E-state index contributed by atoms with van der Waals surface area (Å²) < 4.78 is 33.0. The summed E-state index contributed by atoms with van der Waals surface area (Å²) in [4.78, 5) is 38.7. The molecular weight excluding hydrogens is 534 g/mol. The van der Waals surface area contributed by atoms with Gasteiger partial charge in [-0.05, 0) is 93.6 Å². The number of urea groups is 1. The highest BCUT2D eigenvalue weighted by atomic mass is 79.9. The molecule has 6 nitrogen and oxygen atoms in total. The second kappa shape index (κ2) is 10.7. The fourth-order valence-corrected chi connectivity index (χ4v) is 4.24. The van der Waals surface area contributed by atoms with Gasteiger partial charge in [0.25, 0.3) is 11.8 Å². The average Bonchev–Trinajstić information content (AvgIpc) is 2.83. The summed E-state index contributed by atoms with van der Waals surface area (Å²) in [5.41, 5.74) is 1.85. The van der Waals surface area contributed by atoms with Crippen LogP contribution in [0.5, 0.6) is 5.75 Å². The maximum absolute atomic E-state index is 13.3. The van der Waals surface area contributed by atoms with Crippen LogP contribution in [0.1, 0.15) is 16.7 Å². The highest BCUT2D eigenvalue weighted by Gasteiger charge is 2.36. The van der Waals surface area contributed by atoms with Crippen LogP contribution >= 0.6 is 15.9 Å². The van der Waals surface area contributed by atoms with E-state index in [1.54, 1.807) is 30.3 Å². The number of nitrogens with zero attached hydrogens (tertiary/aromatic N) is 1. The van der Waals surface area contributed by atoms with E-state index in [9.17, 15) is 23.2 Å². The Morgan fingerprint density at radius 2 is 1.61 bits per heavy atom. The summed E-state index contributed by atoms with van der Waals surface area (Å²) in [6.45, 7) is 3.96. The number of amides is 4. The molecule has 0 radical (unpaired) electrons. The molecule has 0 aliphatic carbocycles. The third-order valence-corrected chi connectivity index (χ3v) is 5.89. The highest BCUT2D eigenvalue weighted by Crippen LogP contribution is 2.33. The minimum absolute atomic E-state index is 0.121. The second-order valence-corrected chi connectivity index (χ2v) is 8.69. The number of barbiturate groups is 1. The van der Waals surface area contributed by atoms with Crippen molar-refractivity contribution in [2.45, 2.75) is 13.0 Å². The lowest BCUT2D eigenvalue weighted by Crippen LogP contribution is -2.54. The van der Waals surface area contributed by atoms with Crippen LogP contribution in [0.25, 0.3) is 6.08 Å². The zero-order valence-electron chi connectivity index (χ0n) is 18.8. The number of imide groups is 2. The largest absolute Gasteiger partial charge is 0.487 e. The molecule has 3 aromatic rings. The first-order chi connectivity index (χ1) is 17.3. The van der Waals surface area contributed by atoms with Crippen molar-refractivity contribution < 1.29 is 27.9 Å². The standard InChI is InChI=1S/C27H19BrF2N2O4/c1-2-3-18-12-17(14-23(28)24(18)36-15-16-4-6-19(29)7-5-16)13-22-25(33)31-27(35)32(26(22)34)21-10-8-20(30)9-11-21/h2,4-14H,1,3,15H2,(H,31,33,35)/b22-13+. The van der Waals surface area contributed by atoms with Crippen LogP contribution < -0.4 is 15.0 Å². The molecule has 0 aromatic heterocycles. The van der Waals surface area contributed by atoms with Gasteiger partial charge in [-0.3, -0.25) is 14.9 Å². The Morgan fingerprint density at radius 3 is 2.25 bits per heavy atom. The van der Waals surface area contributed by atoms with E-state index >= 15 is 0 Å². The van der Waals surface area contributed by atoms with Crippen LogP contribution in [0.3, 0.4) is 0 Å². The molecule has 1 heterocycles. The lowest BCUT2D eigenvalue weighted by Gasteiger charge is -2.26. The minimum atomic E-state index is -0.924. The van der Waals surface area contributed by atoms with Gasteiger partial charge in [0, 0.05) is 0 Å². The summed E-state index contributed by atoms with van der Waals surface area (Å²) in [5.74, 6) is -2.03. The van der Waals surface area contributed by atoms with Crippen molar-refractivity contribution in [3.05, 3.63) is 112 Å². The Labute approximate surface area is 214 Å². The number of hydrogen-bond acceptors (Lipinski definition) is 4. The quantitative estimate of drug-likeness (QED) is 0.232. The fraction of sp³-hybridized carbons (Fsp3) is 0.0741. The summed E-state index contributed by atoms with van der Waals surface area (Å²) in [7, 11) is 0. The van der Waals surface area contributed by atoms with E-state index in [-0.39, 0.29) is 23.7 Å². The Hall–Kier alpha value is -4.11. The maximum Gasteiger partial charge on any atom is 0.335 e. The molecule has 0 bridgehead atoms. The molecule has 0 unspecified atom stereocenters. The van der Waals surface area contributed by atoms with Crippen molar-refractivity contribution in [3.63, 3.8) is 0 Å². The van der Waals surface area contributed by atoms with E-state index < -0.39 is 23.7 Å². The summed E-state index contributed by atoms with van der Waals surface area (Å²) in [6, 6.07) is 13.2. The number of hydrogen-bond donors (Lipinski definition) is 1. The maximum atomic E-state index is 13.3. The zero-order chi connectivity index (χ0) is 25.8. The number of rotatable bonds is 7. The van der Waals surface area contributed by atoms with Crippen molar-refractivity contribution in [2.75, 3.05) is 4.90 Å². The van der Waals surface area contributed by atoms with Gasteiger partial charge in [-0.1, -0.05) is 18.2 Å². The average molecular weight is 553 g/mol. The van der Waals surface area contributed by atoms with Crippen molar-refractivity contribution in [1.82, 2.24) is 5.32 Å². The smallest absolute Gasteiger partial charge is 0.335 e. The van der Waals surface area contributed by atoms with Crippen LogP contribution in [-0.4, -0.2) is 17.8 Å². The van der Waals surface area contributed by atoms with Crippen LogP contribution in [-0.2, 0) is 22.6 Å². The van der Waals surface area contributed by atoms with Gasteiger partial charge in [-0.15, -0.1) is 6.58 Å². The zero-order valence-corrected chi connectivity index (χ0v) is 20.3. The first-order valence-corrected chi connectivity index (χ1v) is 11.5. The normalized spacial score (nSPS) is 14.7. The highest BCUT2D eigenvalue weighted by molar-refractivity contribution is 9.10. The third-order valence-electron chi connectivity index (χ3n) is 5.30. The van der Waals surface area contributed by atoms with E-state index in [1.807, 2.05) is 0 Å². The molecule has 1 aliphatic heterocycles. The van der Waals surface area contributed by atoms with Gasteiger partial charge in [-0.25, -0.2) is 18.5 Å². The lowest BCUT2D eigenvalue weighted by atomic mass is 10.0. The first-order valence-electron chi connectivity index (χ1n) is 10.7. The molecule has 182 valence electrons. The second-order valence-electron chi connectivity index (χ2n) is 7.83. The van der Waals surface area contributed by atoms with Gasteiger partial charge >= 0.3 is 6.03 Å². The summed E-state index contributed by atoms with van der Waals surface area (Å²) in [6.07, 6.45) is 3.47.